The van der Waals surface area contributed by atoms with Crippen LogP contribution in [0.15, 0.2) is 52.5 Å². The minimum absolute atomic E-state index is 0.232. The molecule has 0 aromatic carbocycles. The lowest BCUT2D eigenvalue weighted by Crippen LogP contribution is -2.29. The minimum atomic E-state index is 0.232. The van der Waals surface area contributed by atoms with Crippen molar-refractivity contribution in [1.29, 1.82) is 0 Å². The van der Waals surface area contributed by atoms with Crippen molar-refractivity contribution >= 4 is 39.9 Å². The number of hydrogen-bond acceptors (Lipinski definition) is 4. The van der Waals surface area contributed by atoms with Gasteiger partial charge in [-0.2, -0.15) is 0 Å². The zero-order valence-electron chi connectivity index (χ0n) is 12.1. The first-order valence-corrected chi connectivity index (χ1v) is 9.80. The fraction of sp³-hybridized carbons (Fsp3) is 0.235. The number of carbonyl (C=O) groups excluding carboxylic acids is 1. The Labute approximate surface area is 142 Å². The van der Waals surface area contributed by atoms with Crippen LogP contribution in [0.25, 0.3) is 0 Å². The Morgan fingerprint density at radius 3 is 1.77 bits per heavy atom. The summed E-state index contributed by atoms with van der Waals surface area (Å²) >= 11 is 5.14. The Morgan fingerprint density at radius 1 is 0.818 bits per heavy atom. The van der Waals surface area contributed by atoms with E-state index in [0.29, 0.717) is 19.5 Å². The molecule has 1 amide bonds. The Balaban J connectivity index is 1.64. The summed E-state index contributed by atoms with van der Waals surface area (Å²) in [5, 5.41) is 6.19. The molecule has 3 aromatic heterocycles. The van der Waals surface area contributed by atoms with Gasteiger partial charge >= 0.3 is 0 Å². The lowest BCUT2D eigenvalue weighted by molar-refractivity contribution is -0.132. The van der Waals surface area contributed by atoms with Gasteiger partial charge in [0.05, 0.1) is 13.1 Å². The van der Waals surface area contributed by atoms with Crippen molar-refractivity contribution in [3.63, 3.8) is 0 Å². The largest absolute Gasteiger partial charge is 0.332 e. The van der Waals surface area contributed by atoms with Crippen LogP contribution in [0.3, 0.4) is 0 Å². The Kier molecular flexibility index (Phi) is 5.43. The molecule has 0 atom stereocenters. The molecule has 5 heteroatoms. The Bertz CT molecular complexity index is 635. The summed E-state index contributed by atoms with van der Waals surface area (Å²) in [6.07, 6.45) is 1.42. The van der Waals surface area contributed by atoms with Crippen molar-refractivity contribution in [3.05, 3.63) is 67.2 Å². The Hall–Kier alpha value is -1.43. The van der Waals surface area contributed by atoms with E-state index in [4.69, 9.17) is 0 Å². The molecule has 3 aromatic rings. The zero-order valence-corrected chi connectivity index (χ0v) is 14.6. The van der Waals surface area contributed by atoms with Crippen molar-refractivity contribution < 1.29 is 4.79 Å². The van der Waals surface area contributed by atoms with Crippen LogP contribution in [0.4, 0.5) is 0 Å². The summed E-state index contributed by atoms with van der Waals surface area (Å²) in [5.41, 5.74) is 0. The van der Waals surface area contributed by atoms with E-state index in [2.05, 4.69) is 34.3 Å². The van der Waals surface area contributed by atoms with Gasteiger partial charge in [0.2, 0.25) is 5.91 Å². The molecular formula is C17H17NOS3. The number of rotatable bonds is 7. The van der Waals surface area contributed by atoms with Gasteiger partial charge in [-0.1, -0.05) is 18.2 Å². The number of amides is 1. The van der Waals surface area contributed by atoms with E-state index in [1.807, 2.05) is 23.1 Å². The van der Waals surface area contributed by atoms with E-state index in [9.17, 15) is 4.79 Å². The number of nitrogens with zero attached hydrogens (tertiary/aromatic N) is 1. The first-order chi connectivity index (χ1) is 10.8. The maximum atomic E-state index is 12.6. The third-order valence-corrected chi connectivity index (χ3v) is 6.03. The molecule has 0 aliphatic carbocycles. The molecule has 3 heterocycles. The van der Waals surface area contributed by atoms with Gasteiger partial charge in [0.1, 0.15) is 0 Å². The average molecular weight is 348 g/mol. The molecule has 0 fully saturated rings. The van der Waals surface area contributed by atoms with Crippen molar-refractivity contribution in [2.45, 2.75) is 25.9 Å². The van der Waals surface area contributed by atoms with E-state index in [0.717, 1.165) is 6.42 Å². The monoisotopic (exact) mass is 347 g/mol. The lowest BCUT2D eigenvalue weighted by atomic mass is 10.2. The van der Waals surface area contributed by atoms with E-state index in [-0.39, 0.29) is 5.91 Å². The topological polar surface area (TPSA) is 20.3 Å². The van der Waals surface area contributed by atoms with Gasteiger partial charge in [-0.15, -0.1) is 34.0 Å². The molecule has 0 radical (unpaired) electrons. The number of hydrogen-bond donors (Lipinski definition) is 0. The highest BCUT2D eigenvalue weighted by Gasteiger charge is 2.15. The molecule has 2 nitrogen and oxygen atoms in total. The number of aryl methyl sites for hydroxylation is 1. The third kappa shape index (κ3) is 4.29. The van der Waals surface area contributed by atoms with Gasteiger partial charge < -0.3 is 4.90 Å². The van der Waals surface area contributed by atoms with Crippen LogP contribution in [0.1, 0.15) is 21.1 Å². The molecule has 22 heavy (non-hydrogen) atoms. The molecule has 0 bridgehead atoms. The number of carbonyl (C=O) groups is 1. The zero-order chi connectivity index (χ0) is 15.2. The quantitative estimate of drug-likeness (QED) is 0.587. The predicted molar refractivity (Wildman–Crippen MR) is 95.5 cm³/mol. The van der Waals surface area contributed by atoms with Crippen LogP contribution < -0.4 is 0 Å². The highest BCUT2D eigenvalue weighted by molar-refractivity contribution is 7.10. The summed E-state index contributed by atoms with van der Waals surface area (Å²) in [7, 11) is 0. The second-order valence-corrected chi connectivity index (χ2v) is 8.08. The van der Waals surface area contributed by atoms with E-state index >= 15 is 0 Å². The lowest BCUT2D eigenvalue weighted by Gasteiger charge is -2.21. The molecule has 0 saturated heterocycles. The summed E-state index contributed by atoms with van der Waals surface area (Å²) < 4.78 is 0. The van der Waals surface area contributed by atoms with E-state index in [1.54, 1.807) is 34.0 Å². The van der Waals surface area contributed by atoms with Gasteiger partial charge in [-0.25, -0.2) is 0 Å². The van der Waals surface area contributed by atoms with Crippen LogP contribution in [0, 0.1) is 0 Å². The second-order valence-electron chi connectivity index (χ2n) is 4.99. The van der Waals surface area contributed by atoms with Crippen LogP contribution in [-0.2, 0) is 24.3 Å². The van der Waals surface area contributed by atoms with E-state index < -0.39 is 0 Å². The van der Waals surface area contributed by atoms with Gasteiger partial charge in [0.15, 0.2) is 0 Å². The van der Waals surface area contributed by atoms with Crippen LogP contribution in [-0.4, -0.2) is 10.8 Å². The van der Waals surface area contributed by atoms with E-state index in [1.165, 1.54) is 14.6 Å². The van der Waals surface area contributed by atoms with Crippen LogP contribution >= 0.6 is 34.0 Å². The maximum Gasteiger partial charge on any atom is 0.223 e. The van der Waals surface area contributed by atoms with Crippen molar-refractivity contribution in [1.82, 2.24) is 4.90 Å². The molecular weight excluding hydrogens is 330 g/mol. The third-order valence-electron chi connectivity index (χ3n) is 3.37. The highest BCUT2D eigenvalue weighted by Crippen LogP contribution is 2.19. The highest BCUT2D eigenvalue weighted by atomic mass is 32.1. The van der Waals surface area contributed by atoms with Crippen LogP contribution in [0.5, 0.6) is 0 Å². The summed E-state index contributed by atoms with van der Waals surface area (Å²) in [5.74, 6) is 0.232. The van der Waals surface area contributed by atoms with Crippen LogP contribution in [0.2, 0.25) is 0 Å². The first kappa shape index (κ1) is 15.5. The average Bonchev–Trinajstić information content (AvgIpc) is 3.27. The predicted octanol–water partition coefficient (Wildman–Crippen LogP) is 5.03. The summed E-state index contributed by atoms with van der Waals surface area (Å²) in [6.45, 7) is 1.41. The molecule has 0 aliphatic heterocycles. The second kappa shape index (κ2) is 7.72. The minimum Gasteiger partial charge on any atom is -0.332 e. The first-order valence-electron chi connectivity index (χ1n) is 7.16. The Morgan fingerprint density at radius 2 is 1.32 bits per heavy atom. The van der Waals surface area contributed by atoms with Gasteiger partial charge in [0.25, 0.3) is 0 Å². The fourth-order valence-electron chi connectivity index (χ4n) is 2.26. The molecule has 114 valence electrons. The maximum absolute atomic E-state index is 12.6. The smallest absolute Gasteiger partial charge is 0.223 e. The molecule has 0 spiro atoms. The molecule has 0 unspecified atom stereocenters. The number of thiophene rings is 3. The summed E-state index contributed by atoms with van der Waals surface area (Å²) in [6, 6.07) is 12.4. The van der Waals surface area contributed by atoms with Crippen molar-refractivity contribution in [2.75, 3.05) is 0 Å². The van der Waals surface area contributed by atoms with Gasteiger partial charge in [-0.3, -0.25) is 4.79 Å². The van der Waals surface area contributed by atoms with Crippen molar-refractivity contribution in [3.8, 4) is 0 Å². The summed E-state index contributed by atoms with van der Waals surface area (Å²) in [4.78, 5) is 18.4. The SMILES string of the molecule is O=C(CCc1cccs1)N(Cc1cccs1)Cc1cccs1. The fourth-order valence-corrected chi connectivity index (χ4v) is 4.40. The molecule has 0 N–H and O–H groups in total. The molecule has 0 aliphatic rings. The normalized spacial score (nSPS) is 10.7. The molecule has 3 rings (SSSR count). The molecule has 0 saturated carbocycles. The van der Waals surface area contributed by atoms with Gasteiger partial charge in [0, 0.05) is 21.1 Å². The standard InChI is InChI=1S/C17H17NOS3/c19-17(8-7-14-4-1-9-20-14)18(12-15-5-2-10-21-15)13-16-6-3-11-22-16/h1-6,9-11H,7-8,12-13H2. The van der Waals surface area contributed by atoms with Gasteiger partial charge in [-0.05, 0) is 40.8 Å². The van der Waals surface area contributed by atoms with Crippen molar-refractivity contribution in [2.24, 2.45) is 0 Å².